The molecule has 0 aromatic heterocycles. The van der Waals surface area contributed by atoms with Crippen molar-refractivity contribution in [3.8, 4) is 5.75 Å². The van der Waals surface area contributed by atoms with E-state index < -0.39 is 6.10 Å². The third-order valence-corrected chi connectivity index (χ3v) is 3.27. The van der Waals surface area contributed by atoms with Crippen LogP contribution in [-0.4, -0.2) is 11.7 Å². The van der Waals surface area contributed by atoms with Gasteiger partial charge in [-0.2, -0.15) is 0 Å². The fraction of sp³-hybridized carbons (Fsp3) is 0.294. The van der Waals surface area contributed by atoms with Gasteiger partial charge in [0.15, 0.2) is 0 Å². The monoisotopic (exact) mass is 256 g/mol. The Balaban J connectivity index is 2.04. The molecule has 2 rings (SSSR count). The first-order valence-electron chi connectivity index (χ1n) is 6.51. The summed E-state index contributed by atoms with van der Waals surface area (Å²) in [6, 6.07) is 13.9. The van der Waals surface area contributed by atoms with Gasteiger partial charge >= 0.3 is 0 Å². The predicted octanol–water partition coefficient (Wildman–Crippen LogP) is 3.72. The summed E-state index contributed by atoms with van der Waals surface area (Å²) in [4.78, 5) is 0. The van der Waals surface area contributed by atoms with E-state index in [1.165, 1.54) is 5.56 Å². The predicted molar refractivity (Wildman–Crippen MR) is 77.5 cm³/mol. The molecule has 1 unspecified atom stereocenters. The maximum Gasteiger partial charge on any atom is 0.122 e. The van der Waals surface area contributed by atoms with Crippen LogP contribution in [0.25, 0.3) is 0 Å². The molecule has 0 amide bonds. The first-order valence-corrected chi connectivity index (χ1v) is 6.51. The summed E-state index contributed by atoms with van der Waals surface area (Å²) < 4.78 is 5.71. The minimum Gasteiger partial charge on any atom is -0.490 e. The molecule has 2 aromatic carbocycles. The lowest BCUT2D eigenvalue weighted by atomic mass is 10.0. The molecular weight excluding hydrogens is 236 g/mol. The average molecular weight is 256 g/mol. The third kappa shape index (κ3) is 3.36. The van der Waals surface area contributed by atoms with Crippen LogP contribution in [0.4, 0.5) is 0 Å². The van der Waals surface area contributed by atoms with E-state index in [1.54, 1.807) is 0 Å². The molecule has 0 aliphatic rings. The number of rotatable bonds is 4. The second-order valence-electron chi connectivity index (χ2n) is 4.95. The summed E-state index contributed by atoms with van der Waals surface area (Å²) in [5, 5.41) is 10.2. The fourth-order valence-corrected chi connectivity index (χ4v) is 2.18. The van der Waals surface area contributed by atoms with Crippen LogP contribution in [0.1, 0.15) is 28.4 Å². The van der Waals surface area contributed by atoms with E-state index in [1.807, 2.05) is 50.2 Å². The summed E-state index contributed by atoms with van der Waals surface area (Å²) in [5.41, 5.74) is 4.31. The Morgan fingerprint density at radius 1 is 1.00 bits per heavy atom. The van der Waals surface area contributed by atoms with Crippen molar-refractivity contribution in [2.24, 2.45) is 0 Å². The Morgan fingerprint density at radius 3 is 2.42 bits per heavy atom. The molecule has 0 heterocycles. The highest BCUT2D eigenvalue weighted by molar-refractivity contribution is 5.36. The summed E-state index contributed by atoms with van der Waals surface area (Å²) in [6.07, 6.45) is -0.595. The van der Waals surface area contributed by atoms with Gasteiger partial charge in [0.1, 0.15) is 18.5 Å². The van der Waals surface area contributed by atoms with E-state index in [4.69, 9.17) is 4.74 Å². The number of aryl methyl sites for hydroxylation is 3. The van der Waals surface area contributed by atoms with Crippen molar-refractivity contribution in [1.82, 2.24) is 0 Å². The van der Waals surface area contributed by atoms with Crippen LogP contribution in [0.3, 0.4) is 0 Å². The molecule has 2 nitrogen and oxygen atoms in total. The maximum atomic E-state index is 10.2. The van der Waals surface area contributed by atoms with Gasteiger partial charge in [-0.25, -0.2) is 0 Å². The van der Waals surface area contributed by atoms with Gasteiger partial charge in [0.25, 0.3) is 0 Å². The van der Waals surface area contributed by atoms with Crippen molar-refractivity contribution < 1.29 is 9.84 Å². The molecule has 1 N–H and O–H groups in total. The zero-order chi connectivity index (χ0) is 13.8. The largest absolute Gasteiger partial charge is 0.490 e. The highest BCUT2D eigenvalue weighted by Gasteiger charge is 2.11. The second-order valence-corrected chi connectivity index (χ2v) is 4.95. The van der Waals surface area contributed by atoms with Crippen LogP contribution in [-0.2, 0) is 0 Å². The molecule has 0 aliphatic heterocycles. The molecule has 19 heavy (non-hydrogen) atoms. The Hall–Kier alpha value is -1.80. The van der Waals surface area contributed by atoms with Gasteiger partial charge in [-0.1, -0.05) is 42.0 Å². The van der Waals surface area contributed by atoms with Crippen LogP contribution in [0.2, 0.25) is 0 Å². The highest BCUT2D eigenvalue weighted by Crippen LogP contribution is 2.22. The van der Waals surface area contributed by atoms with Gasteiger partial charge in [-0.3, -0.25) is 0 Å². The minimum atomic E-state index is -0.595. The van der Waals surface area contributed by atoms with Gasteiger partial charge < -0.3 is 9.84 Å². The van der Waals surface area contributed by atoms with Gasteiger partial charge in [0, 0.05) is 0 Å². The average Bonchev–Trinajstić information content (AvgIpc) is 2.38. The van der Waals surface area contributed by atoms with Gasteiger partial charge in [-0.15, -0.1) is 0 Å². The zero-order valence-corrected chi connectivity index (χ0v) is 11.7. The lowest BCUT2D eigenvalue weighted by Crippen LogP contribution is -2.11. The quantitative estimate of drug-likeness (QED) is 0.903. The smallest absolute Gasteiger partial charge is 0.122 e. The summed E-state index contributed by atoms with van der Waals surface area (Å²) in [6.45, 7) is 6.34. The molecule has 2 heteroatoms. The zero-order valence-electron chi connectivity index (χ0n) is 11.7. The molecule has 1 atom stereocenters. The van der Waals surface area contributed by atoms with Gasteiger partial charge in [-0.05, 0) is 43.5 Å². The first-order chi connectivity index (χ1) is 9.08. The number of hydrogen-bond donors (Lipinski definition) is 1. The molecule has 0 fully saturated rings. The second kappa shape index (κ2) is 5.89. The summed E-state index contributed by atoms with van der Waals surface area (Å²) in [5.74, 6) is 0.832. The number of aliphatic hydroxyl groups excluding tert-OH is 1. The molecule has 0 spiro atoms. The van der Waals surface area contributed by atoms with Crippen molar-refractivity contribution >= 4 is 0 Å². The van der Waals surface area contributed by atoms with Crippen molar-refractivity contribution in [3.63, 3.8) is 0 Å². The van der Waals surface area contributed by atoms with Gasteiger partial charge in [0.05, 0.1) is 0 Å². The minimum absolute atomic E-state index is 0.273. The van der Waals surface area contributed by atoms with Crippen molar-refractivity contribution in [2.45, 2.75) is 26.9 Å². The van der Waals surface area contributed by atoms with Crippen molar-refractivity contribution in [3.05, 3.63) is 64.7 Å². The molecule has 0 aliphatic carbocycles. The summed E-state index contributed by atoms with van der Waals surface area (Å²) in [7, 11) is 0. The molecule has 0 saturated carbocycles. The Labute approximate surface area is 114 Å². The molecule has 100 valence electrons. The number of benzene rings is 2. The topological polar surface area (TPSA) is 29.5 Å². The van der Waals surface area contributed by atoms with Crippen LogP contribution in [0.5, 0.6) is 5.75 Å². The number of ether oxygens (including phenoxy) is 1. The van der Waals surface area contributed by atoms with Crippen LogP contribution >= 0.6 is 0 Å². The van der Waals surface area contributed by atoms with E-state index in [9.17, 15) is 5.11 Å². The first kappa shape index (κ1) is 13.6. The number of aliphatic hydroxyl groups is 1. The Kier molecular flexibility index (Phi) is 4.23. The van der Waals surface area contributed by atoms with E-state index in [-0.39, 0.29) is 6.61 Å². The Bertz CT molecular complexity index is 561. The number of hydrogen-bond acceptors (Lipinski definition) is 2. The highest BCUT2D eigenvalue weighted by atomic mass is 16.5. The lowest BCUT2D eigenvalue weighted by Gasteiger charge is -2.16. The fourth-order valence-electron chi connectivity index (χ4n) is 2.18. The molecule has 0 bridgehead atoms. The molecule has 2 aromatic rings. The van der Waals surface area contributed by atoms with E-state index in [0.717, 1.165) is 22.4 Å². The van der Waals surface area contributed by atoms with E-state index in [2.05, 4.69) is 13.0 Å². The molecule has 0 saturated heterocycles. The van der Waals surface area contributed by atoms with Crippen LogP contribution in [0.15, 0.2) is 42.5 Å². The van der Waals surface area contributed by atoms with Crippen LogP contribution < -0.4 is 4.74 Å². The van der Waals surface area contributed by atoms with Crippen LogP contribution in [0, 0.1) is 20.8 Å². The maximum absolute atomic E-state index is 10.2. The summed E-state index contributed by atoms with van der Waals surface area (Å²) >= 11 is 0. The lowest BCUT2D eigenvalue weighted by molar-refractivity contribution is 0.107. The van der Waals surface area contributed by atoms with E-state index in [0.29, 0.717) is 0 Å². The van der Waals surface area contributed by atoms with Crippen molar-refractivity contribution in [1.29, 1.82) is 0 Å². The van der Waals surface area contributed by atoms with Crippen molar-refractivity contribution in [2.75, 3.05) is 6.61 Å². The normalized spacial score (nSPS) is 12.2. The molecule has 0 radical (unpaired) electrons. The van der Waals surface area contributed by atoms with E-state index >= 15 is 0 Å². The standard InChI is InChI=1S/C17H20O2/c1-12-8-9-17(14(3)10-12)19-11-16(18)15-7-5-4-6-13(15)2/h4-10,16,18H,11H2,1-3H3. The van der Waals surface area contributed by atoms with Gasteiger partial charge in [0.2, 0.25) is 0 Å². The molecular formula is C17H20O2. The Morgan fingerprint density at radius 2 is 1.74 bits per heavy atom. The SMILES string of the molecule is Cc1ccc(OCC(O)c2ccccc2C)c(C)c1. The third-order valence-electron chi connectivity index (χ3n) is 3.27.